The van der Waals surface area contributed by atoms with Crippen LogP contribution in [0.4, 0.5) is 4.39 Å². The number of hydrogen-bond donors (Lipinski definition) is 0. The molecule has 0 spiro atoms. The predicted octanol–water partition coefficient (Wildman–Crippen LogP) is 8.68. The first-order valence-corrected chi connectivity index (χ1v) is 17.9. The van der Waals surface area contributed by atoms with Crippen molar-refractivity contribution in [3.8, 4) is 34.1 Å². The molecular formula is C44H45FO8. The summed E-state index contributed by atoms with van der Waals surface area (Å²) in [5.41, 5.74) is 4.78. The summed E-state index contributed by atoms with van der Waals surface area (Å²) in [5, 5.41) is 1.78. The minimum atomic E-state index is -1.13. The highest BCUT2D eigenvalue weighted by Crippen LogP contribution is 2.60. The predicted molar refractivity (Wildman–Crippen MR) is 203 cm³/mol. The van der Waals surface area contributed by atoms with Gasteiger partial charge in [-0.1, -0.05) is 61.5 Å². The van der Waals surface area contributed by atoms with E-state index in [1.807, 2.05) is 36.4 Å². The lowest BCUT2D eigenvalue weighted by molar-refractivity contribution is -0.0513. The van der Waals surface area contributed by atoms with E-state index in [-0.39, 0.29) is 5.82 Å². The van der Waals surface area contributed by atoms with Crippen LogP contribution in [-0.4, -0.2) is 68.1 Å². The van der Waals surface area contributed by atoms with Crippen molar-refractivity contribution in [2.75, 3.05) is 68.1 Å². The fourth-order valence-electron chi connectivity index (χ4n) is 7.71. The molecule has 2 atom stereocenters. The number of halogens is 1. The van der Waals surface area contributed by atoms with E-state index in [4.69, 9.17) is 37.9 Å². The normalized spacial score (nSPS) is 18.3. The van der Waals surface area contributed by atoms with Gasteiger partial charge in [0.25, 0.3) is 0 Å². The van der Waals surface area contributed by atoms with E-state index in [1.165, 1.54) is 12.1 Å². The molecule has 5 aromatic rings. The summed E-state index contributed by atoms with van der Waals surface area (Å²) < 4.78 is 62.7. The van der Waals surface area contributed by atoms with Crippen LogP contribution in [0.1, 0.15) is 41.2 Å². The number of ether oxygens (including phenoxy) is 8. The Labute approximate surface area is 309 Å². The van der Waals surface area contributed by atoms with Crippen LogP contribution in [-0.2, 0) is 30.1 Å². The lowest BCUT2D eigenvalue weighted by Gasteiger charge is -2.39. The van der Waals surface area contributed by atoms with E-state index in [0.29, 0.717) is 69.1 Å². The van der Waals surface area contributed by atoms with Crippen LogP contribution in [0.5, 0.6) is 23.0 Å². The molecule has 1 aliphatic carbocycles. The highest BCUT2D eigenvalue weighted by Gasteiger charge is 2.48. The summed E-state index contributed by atoms with van der Waals surface area (Å²) in [7, 11) is 6.57. The Kier molecular flexibility index (Phi) is 10.7. The Morgan fingerprint density at radius 2 is 1.34 bits per heavy atom. The smallest absolute Gasteiger partial charge is 0.178 e. The molecule has 0 bridgehead atoms. The Morgan fingerprint density at radius 3 is 2.02 bits per heavy atom. The van der Waals surface area contributed by atoms with E-state index in [2.05, 4.69) is 43.3 Å². The number of benzene rings is 5. The summed E-state index contributed by atoms with van der Waals surface area (Å²) in [6, 6.07) is 26.7. The molecule has 1 aliphatic heterocycles. The van der Waals surface area contributed by atoms with Gasteiger partial charge in [0.2, 0.25) is 0 Å². The third-order valence-electron chi connectivity index (χ3n) is 10.2. The topological polar surface area (TPSA) is 73.8 Å². The molecule has 2 unspecified atom stereocenters. The summed E-state index contributed by atoms with van der Waals surface area (Å²) in [6.45, 7) is 4.82. The molecule has 0 amide bonds. The first-order valence-electron chi connectivity index (χ1n) is 17.9. The zero-order chi connectivity index (χ0) is 37.0. The number of methoxy groups -OCH3 is 4. The summed E-state index contributed by atoms with van der Waals surface area (Å²) >= 11 is 0. The maximum atomic E-state index is 14.4. The zero-order valence-electron chi connectivity index (χ0n) is 30.8. The highest BCUT2D eigenvalue weighted by molar-refractivity contribution is 6.09. The molecule has 9 heteroatoms. The highest BCUT2D eigenvalue weighted by atomic mass is 19.1. The van der Waals surface area contributed by atoms with E-state index < -0.39 is 11.2 Å². The largest absolute Gasteiger partial charge is 0.493 e. The van der Waals surface area contributed by atoms with Crippen molar-refractivity contribution in [1.82, 2.24) is 0 Å². The molecular weight excluding hydrogens is 675 g/mol. The number of hydrogen-bond acceptors (Lipinski definition) is 8. The molecule has 0 N–H and O–H groups in total. The standard InChI is InChI=1S/C44H45FO8/c1-6-43(52-26-24-50-23-21-46-2)37-10-8-7-9-33(37)40-35-27-38(48-4)39(49-5)28-36(35)42-34(41(40)43)19-20-44(53-42,29-11-15-31(45)16-12-29)30-13-17-32(18-14-30)51-25-22-47-3/h7-20,27-28H,6,21-26H2,1-5H3. The van der Waals surface area contributed by atoms with Gasteiger partial charge in [-0.2, -0.15) is 0 Å². The minimum absolute atomic E-state index is 0.333. The van der Waals surface area contributed by atoms with Crippen LogP contribution in [0.15, 0.2) is 91.0 Å². The Balaban J connectivity index is 1.47. The maximum absolute atomic E-state index is 14.4. The summed E-state index contributed by atoms with van der Waals surface area (Å²) in [5.74, 6) is 2.19. The molecule has 2 aliphatic rings. The molecule has 0 radical (unpaired) electrons. The van der Waals surface area contributed by atoms with Gasteiger partial charge >= 0.3 is 0 Å². The van der Waals surface area contributed by atoms with Crippen molar-refractivity contribution in [3.63, 3.8) is 0 Å². The van der Waals surface area contributed by atoms with Crippen LogP contribution < -0.4 is 18.9 Å². The summed E-state index contributed by atoms with van der Waals surface area (Å²) in [4.78, 5) is 0. The third-order valence-corrected chi connectivity index (χ3v) is 10.2. The summed E-state index contributed by atoms with van der Waals surface area (Å²) in [6.07, 6.45) is 4.85. The molecule has 5 aromatic carbocycles. The maximum Gasteiger partial charge on any atom is 0.178 e. The average Bonchev–Trinajstić information content (AvgIpc) is 3.49. The van der Waals surface area contributed by atoms with Gasteiger partial charge in [-0.25, -0.2) is 4.39 Å². The van der Waals surface area contributed by atoms with Crippen molar-refractivity contribution < 1.29 is 42.3 Å². The van der Waals surface area contributed by atoms with E-state index in [0.717, 1.165) is 49.7 Å². The van der Waals surface area contributed by atoms with E-state index >= 15 is 0 Å². The SMILES string of the molecule is CCC1(OCCOCCOC)c2ccccc2-c2c1c1c(c3cc(OC)c(OC)cc23)OC(c2ccc(F)cc2)(c2ccc(OCCOC)cc2)C=C1. The first kappa shape index (κ1) is 36.4. The molecule has 0 aromatic heterocycles. The Bertz CT molecular complexity index is 2090. The Morgan fingerprint density at radius 1 is 0.698 bits per heavy atom. The molecule has 7 rings (SSSR count). The van der Waals surface area contributed by atoms with Crippen molar-refractivity contribution in [3.05, 3.63) is 125 Å². The van der Waals surface area contributed by atoms with Crippen LogP contribution in [0, 0.1) is 5.82 Å². The molecule has 276 valence electrons. The molecule has 0 saturated heterocycles. The monoisotopic (exact) mass is 720 g/mol. The van der Waals surface area contributed by atoms with Crippen molar-refractivity contribution in [2.45, 2.75) is 24.5 Å². The van der Waals surface area contributed by atoms with Crippen molar-refractivity contribution >= 4 is 16.8 Å². The fourth-order valence-corrected chi connectivity index (χ4v) is 7.71. The van der Waals surface area contributed by atoms with Crippen LogP contribution >= 0.6 is 0 Å². The zero-order valence-corrected chi connectivity index (χ0v) is 30.8. The third kappa shape index (κ3) is 6.42. The Hall–Kier alpha value is -4.93. The number of fused-ring (bicyclic) bond motifs is 8. The molecule has 53 heavy (non-hydrogen) atoms. The van der Waals surface area contributed by atoms with Crippen LogP contribution in [0.2, 0.25) is 0 Å². The van der Waals surface area contributed by atoms with Crippen LogP contribution in [0.3, 0.4) is 0 Å². The van der Waals surface area contributed by atoms with Crippen molar-refractivity contribution in [2.24, 2.45) is 0 Å². The van der Waals surface area contributed by atoms with Gasteiger partial charge in [-0.3, -0.25) is 0 Å². The van der Waals surface area contributed by atoms with E-state index in [9.17, 15) is 4.39 Å². The lowest BCUT2D eigenvalue weighted by atomic mass is 9.79. The van der Waals surface area contributed by atoms with Gasteiger partial charge in [0.15, 0.2) is 17.1 Å². The van der Waals surface area contributed by atoms with Crippen LogP contribution in [0.25, 0.3) is 28.0 Å². The second-order valence-corrected chi connectivity index (χ2v) is 13.0. The molecule has 0 saturated carbocycles. The van der Waals surface area contributed by atoms with Gasteiger partial charge in [0.05, 0.1) is 47.3 Å². The molecule has 8 nitrogen and oxygen atoms in total. The fraction of sp³-hybridized carbons (Fsp3) is 0.318. The molecule has 1 heterocycles. The minimum Gasteiger partial charge on any atom is -0.493 e. The van der Waals surface area contributed by atoms with Crippen molar-refractivity contribution in [1.29, 1.82) is 0 Å². The second kappa shape index (κ2) is 15.6. The molecule has 0 fully saturated rings. The van der Waals surface area contributed by atoms with Gasteiger partial charge in [-0.15, -0.1) is 0 Å². The quantitative estimate of drug-likeness (QED) is 0.0939. The average molecular weight is 721 g/mol. The first-order chi connectivity index (χ1) is 25.9. The van der Waals surface area contributed by atoms with Gasteiger partial charge < -0.3 is 37.9 Å². The van der Waals surface area contributed by atoms with Gasteiger partial charge in [-0.05, 0) is 71.0 Å². The second-order valence-electron chi connectivity index (χ2n) is 13.0. The number of rotatable bonds is 16. The van der Waals surface area contributed by atoms with Gasteiger partial charge in [0.1, 0.15) is 29.5 Å². The van der Waals surface area contributed by atoms with E-state index in [1.54, 1.807) is 40.6 Å². The van der Waals surface area contributed by atoms with Gasteiger partial charge in [0, 0.05) is 41.9 Å². The lowest BCUT2D eigenvalue weighted by Crippen LogP contribution is -2.36.